The summed E-state index contributed by atoms with van der Waals surface area (Å²) in [5.41, 5.74) is 1.34. The number of para-hydroxylation sites is 1. The molecular weight excluding hydrogens is 401 g/mol. The molecule has 2 aromatic rings. The average Bonchev–Trinajstić information content (AvgIpc) is 2.69. The first-order chi connectivity index (χ1) is 14.6. The molecule has 0 aliphatic rings. The predicted octanol–water partition coefficient (Wildman–Crippen LogP) is 3.54. The Morgan fingerprint density at radius 2 is 1.71 bits per heavy atom. The van der Waals surface area contributed by atoms with E-state index in [0.717, 1.165) is 5.56 Å². The zero-order chi connectivity index (χ0) is 22.9. The van der Waals surface area contributed by atoms with Crippen molar-refractivity contribution in [3.8, 4) is 0 Å². The van der Waals surface area contributed by atoms with Crippen LogP contribution in [-0.4, -0.2) is 30.1 Å². The number of nitrogens with one attached hydrogen (secondary N) is 3. The highest BCUT2D eigenvalue weighted by Crippen LogP contribution is 2.15. The van der Waals surface area contributed by atoms with Crippen LogP contribution < -0.4 is 16.0 Å². The second kappa shape index (κ2) is 11.1. The number of anilines is 1. The number of halogens is 1. The van der Waals surface area contributed by atoms with Gasteiger partial charge < -0.3 is 20.7 Å². The van der Waals surface area contributed by atoms with Gasteiger partial charge in [0.2, 0.25) is 11.8 Å². The Morgan fingerprint density at radius 3 is 2.42 bits per heavy atom. The molecule has 0 atom stereocenters. The molecule has 0 fully saturated rings. The van der Waals surface area contributed by atoms with Crippen molar-refractivity contribution in [2.45, 2.75) is 45.8 Å². The Labute approximate surface area is 181 Å². The van der Waals surface area contributed by atoms with Crippen LogP contribution in [0.1, 0.15) is 38.3 Å². The number of carbonyl (C=O) groups excluding carboxylic acids is 3. The van der Waals surface area contributed by atoms with Gasteiger partial charge in [0, 0.05) is 18.7 Å². The summed E-state index contributed by atoms with van der Waals surface area (Å²) in [7, 11) is 0. The number of hydrogen-bond donors (Lipinski definition) is 3. The lowest BCUT2D eigenvalue weighted by Gasteiger charge is -2.19. The minimum Gasteiger partial charge on any atom is -0.444 e. The van der Waals surface area contributed by atoms with E-state index in [-0.39, 0.29) is 31.2 Å². The summed E-state index contributed by atoms with van der Waals surface area (Å²) in [4.78, 5) is 36.0. The van der Waals surface area contributed by atoms with Crippen LogP contribution in [-0.2, 0) is 27.3 Å². The predicted molar refractivity (Wildman–Crippen MR) is 116 cm³/mol. The minimum absolute atomic E-state index is 0.183. The third-order valence-corrected chi connectivity index (χ3v) is 4.09. The van der Waals surface area contributed by atoms with Crippen LogP contribution in [0.25, 0.3) is 0 Å². The molecule has 31 heavy (non-hydrogen) atoms. The molecule has 0 bridgehead atoms. The van der Waals surface area contributed by atoms with Gasteiger partial charge in [-0.2, -0.15) is 0 Å². The molecule has 0 aromatic heterocycles. The van der Waals surface area contributed by atoms with E-state index in [2.05, 4.69) is 16.0 Å². The zero-order valence-electron chi connectivity index (χ0n) is 18.0. The number of aryl methyl sites for hydroxylation is 1. The van der Waals surface area contributed by atoms with Crippen molar-refractivity contribution in [3.05, 3.63) is 65.5 Å². The maximum Gasteiger partial charge on any atom is 0.408 e. The van der Waals surface area contributed by atoms with Gasteiger partial charge in [0.1, 0.15) is 18.0 Å². The highest BCUT2D eigenvalue weighted by atomic mass is 19.1. The molecule has 0 aliphatic carbocycles. The van der Waals surface area contributed by atoms with E-state index in [9.17, 15) is 18.8 Å². The van der Waals surface area contributed by atoms with E-state index in [0.29, 0.717) is 17.7 Å². The zero-order valence-corrected chi connectivity index (χ0v) is 18.0. The van der Waals surface area contributed by atoms with Gasteiger partial charge in [-0.1, -0.05) is 30.3 Å². The maximum absolute atomic E-state index is 13.2. The lowest BCUT2D eigenvalue weighted by molar-refractivity contribution is -0.121. The topological polar surface area (TPSA) is 96.5 Å². The summed E-state index contributed by atoms with van der Waals surface area (Å²) in [5, 5.41) is 7.91. The maximum atomic E-state index is 13.2. The first kappa shape index (κ1) is 23.9. The number of benzene rings is 2. The van der Waals surface area contributed by atoms with Crippen LogP contribution >= 0.6 is 0 Å². The normalized spacial score (nSPS) is 10.8. The van der Waals surface area contributed by atoms with E-state index < -0.39 is 17.6 Å². The van der Waals surface area contributed by atoms with E-state index >= 15 is 0 Å². The SMILES string of the molecule is CC(C)(C)OC(=O)NCC(=O)Nc1ccccc1CNC(=O)CCc1cccc(F)c1. The Bertz CT molecular complexity index is 925. The van der Waals surface area contributed by atoms with Crippen molar-refractivity contribution in [2.24, 2.45) is 0 Å². The molecule has 2 aromatic carbocycles. The van der Waals surface area contributed by atoms with Crippen LogP contribution in [0.5, 0.6) is 0 Å². The standard InChI is InChI=1S/C23H28FN3O4/c1-23(2,3)31-22(30)26-15-21(29)27-19-10-5-4-8-17(19)14-25-20(28)12-11-16-7-6-9-18(24)13-16/h4-10,13H,11-12,14-15H2,1-3H3,(H,25,28)(H,26,30)(H,27,29). The van der Waals surface area contributed by atoms with Crippen molar-refractivity contribution in [3.63, 3.8) is 0 Å². The summed E-state index contributed by atoms with van der Waals surface area (Å²) in [6, 6.07) is 13.2. The second-order valence-corrected chi connectivity index (χ2v) is 7.97. The second-order valence-electron chi connectivity index (χ2n) is 7.97. The molecule has 8 heteroatoms. The van der Waals surface area contributed by atoms with E-state index in [1.165, 1.54) is 12.1 Å². The molecule has 3 amide bonds. The van der Waals surface area contributed by atoms with E-state index in [4.69, 9.17) is 4.74 Å². The molecule has 2 rings (SSSR count). The Morgan fingerprint density at radius 1 is 0.968 bits per heavy atom. The average molecular weight is 429 g/mol. The number of ether oxygens (including phenoxy) is 1. The van der Waals surface area contributed by atoms with Crippen molar-refractivity contribution < 1.29 is 23.5 Å². The fourth-order valence-corrected chi connectivity index (χ4v) is 2.69. The van der Waals surface area contributed by atoms with Crippen LogP contribution in [0.15, 0.2) is 48.5 Å². The molecule has 0 radical (unpaired) electrons. The third-order valence-electron chi connectivity index (χ3n) is 4.09. The fourth-order valence-electron chi connectivity index (χ4n) is 2.69. The Balaban J connectivity index is 1.82. The quantitative estimate of drug-likeness (QED) is 0.598. The van der Waals surface area contributed by atoms with Crippen LogP contribution in [0, 0.1) is 5.82 Å². The number of rotatable bonds is 8. The molecule has 0 saturated carbocycles. The van der Waals surface area contributed by atoms with Gasteiger partial charge in [0.25, 0.3) is 0 Å². The van der Waals surface area contributed by atoms with Gasteiger partial charge in [-0.05, 0) is 56.5 Å². The van der Waals surface area contributed by atoms with Gasteiger partial charge in [-0.15, -0.1) is 0 Å². The summed E-state index contributed by atoms with van der Waals surface area (Å²) in [6.07, 6.45) is -0.0303. The minimum atomic E-state index is -0.679. The highest BCUT2D eigenvalue weighted by Gasteiger charge is 2.17. The Hall–Kier alpha value is -3.42. The van der Waals surface area contributed by atoms with Gasteiger partial charge in [-0.25, -0.2) is 9.18 Å². The number of carbonyl (C=O) groups is 3. The first-order valence-electron chi connectivity index (χ1n) is 9.98. The first-order valence-corrected chi connectivity index (χ1v) is 9.98. The lowest BCUT2D eigenvalue weighted by Crippen LogP contribution is -2.37. The van der Waals surface area contributed by atoms with Gasteiger partial charge in [-0.3, -0.25) is 9.59 Å². The summed E-state index contributed by atoms with van der Waals surface area (Å²) < 4.78 is 18.3. The van der Waals surface area contributed by atoms with Crippen molar-refractivity contribution in [1.82, 2.24) is 10.6 Å². The van der Waals surface area contributed by atoms with E-state index in [1.807, 2.05) is 0 Å². The molecule has 3 N–H and O–H groups in total. The van der Waals surface area contributed by atoms with Crippen molar-refractivity contribution >= 4 is 23.6 Å². The van der Waals surface area contributed by atoms with Crippen molar-refractivity contribution in [1.29, 1.82) is 0 Å². The molecule has 0 saturated heterocycles. The van der Waals surface area contributed by atoms with Gasteiger partial charge in [0.15, 0.2) is 0 Å². The van der Waals surface area contributed by atoms with E-state index in [1.54, 1.807) is 57.2 Å². The van der Waals surface area contributed by atoms with Gasteiger partial charge in [0.05, 0.1) is 0 Å². The fraction of sp³-hybridized carbons (Fsp3) is 0.348. The molecule has 0 unspecified atom stereocenters. The van der Waals surface area contributed by atoms with Crippen LogP contribution in [0.2, 0.25) is 0 Å². The smallest absolute Gasteiger partial charge is 0.408 e. The molecule has 0 spiro atoms. The third kappa shape index (κ3) is 9.29. The summed E-state index contributed by atoms with van der Waals surface area (Å²) >= 11 is 0. The largest absolute Gasteiger partial charge is 0.444 e. The highest BCUT2D eigenvalue weighted by molar-refractivity contribution is 5.94. The molecule has 166 valence electrons. The van der Waals surface area contributed by atoms with Crippen molar-refractivity contribution in [2.75, 3.05) is 11.9 Å². The molecule has 7 nitrogen and oxygen atoms in total. The molecule has 0 heterocycles. The summed E-state index contributed by atoms with van der Waals surface area (Å²) in [5.74, 6) is -0.934. The summed E-state index contributed by atoms with van der Waals surface area (Å²) in [6.45, 7) is 5.17. The molecular formula is C23H28FN3O4. The number of alkyl carbamates (subject to hydrolysis) is 1. The Kier molecular flexibility index (Phi) is 8.54. The lowest BCUT2D eigenvalue weighted by atomic mass is 10.1. The monoisotopic (exact) mass is 429 g/mol. The van der Waals surface area contributed by atoms with Crippen LogP contribution in [0.4, 0.5) is 14.9 Å². The number of amides is 3. The van der Waals surface area contributed by atoms with Crippen LogP contribution in [0.3, 0.4) is 0 Å². The van der Waals surface area contributed by atoms with Gasteiger partial charge >= 0.3 is 6.09 Å². The molecule has 0 aliphatic heterocycles. The number of hydrogen-bond acceptors (Lipinski definition) is 4.